The van der Waals surface area contributed by atoms with E-state index in [2.05, 4.69) is 15.0 Å². The number of benzene rings is 1. The van der Waals surface area contributed by atoms with Crippen molar-refractivity contribution >= 4 is 23.6 Å². The normalized spacial score (nSPS) is 18.5. The highest BCUT2D eigenvalue weighted by Gasteiger charge is 2.27. The first kappa shape index (κ1) is 16.5. The Morgan fingerprint density at radius 1 is 1.42 bits per heavy atom. The van der Waals surface area contributed by atoms with E-state index >= 15 is 0 Å². The van der Waals surface area contributed by atoms with Crippen molar-refractivity contribution in [3.63, 3.8) is 0 Å². The van der Waals surface area contributed by atoms with E-state index in [0.29, 0.717) is 36.4 Å². The molecule has 1 atom stereocenters. The number of aromatic amines is 1. The number of Topliss-reactive ketones (excluding diaryl/α,β-unsaturated/α-hetero) is 1. The summed E-state index contributed by atoms with van der Waals surface area (Å²) in [4.78, 5) is 23.5. The quantitative estimate of drug-likeness (QED) is 0.813. The summed E-state index contributed by atoms with van der Waals surface area (Å²) in [5, 5.41) is 10.9. The van der Waals surface area contributed by atoms with Gasteiger partial charge in [0.05, 0.1) is 11.9 Å². The van der Waals surface area contributed by atoms with Gasteiger partial charge in [-0.25, -0.2) is 4.98 Å². The average Bonchev–Trinajstić information content (AvgIpc) is 3.06. The number of aliphatic hydroxyl groups excluding tert-OH is 1. The standard InChI is InChI=1S/C18H18ClN3O2/c19-14-3-1-2-12(6-14)13-7-17(23)16(18(24)8-13)10-20-5-4-15-9-21-11-22-15/h1-3,6,9-11,13,23H,4-5,7-8H2,(H,21,22)/t13-/m0/s1. The van der Waals surface area contributed by atoms with Crippen molar-refractivity contribution in [2.24, 2.45) is 4.99 Å². The Kier molecular flexibility index (Phi) is 5.11. The van der Waals surface area contributed by atoms with Crippen molar-refractivity contribution in [2.75, 3.05) is 6.54 Å². The number of aliphatic imine (C=N–C) groups is 1. The van der Waals surface area contributed by atoms with Crippen LogP contribution in [0.5, 0.6) is 0 Å². The van der Waals surface area contributed by atoms with Crippen LogP contribution in [-0.4, -0.2) is 33.6 Å². The van der Waals surface area contributed by atoms with Crippen molar-refractivity contribution in [2.45, 2.75) is 25.2 Å². The average molecular weight is 344 g/mol. The lowest BCUT2D eigenvalue weighted by molar-refractivity contribution is -0.116. The maximum atomic E-state index is 12.3. The largest absolute Gasteiger partial charge is 0.511 e. The van der Waals surface area contributed by atoms with Crippen LogP contribution in [0.4, 0.5) is 0 Å². The molecule has 0 aliphatic heterocycles. The Bertz CT molecular complexity index is 781. The first-order chi connectivity index (χ1) is 11.6. The lowest BCUT2D eigenvalue weighted by Gasteiger charge is -2.22. The highest BCUT2D eigenvalue weighted by atomic mass is 35.5. The zero-order chi connectivity index (χ0) is 16.9. The molecule has 0 fully saturated rings. The number of hydrogen-bond donors (Lipinski definition) is 2. The summed E-state index contributed by atoms with van der Waals surface area (Å²) in [5.74, 6) is -0.0334. The number of halogens is 1. The molecule has 1 aromatic heterocycles. The highest BCUT2D eigenvalue weighted by molar-refractivity contribution is 6.30. The SMILES string of the molecule is O=C1C[C@@H](c2cccc(Cl)c2)CC(O)=C1C=NCCc1cnc[nH]1. The second kappa shape index (κ2) is 7.45. The van der Waals surface area contributed by atoms with Gasteiger partial charge in [-0.15, -0.1) is 0 Å². The molecule has 1 aliphatic rings. The molecule has 0 spiro atoms. The number of nitrogens with zero attached hydrogens (tertiary/aromatic N) is 2. The summed E-state index contributed by atoms with van der Waals surface area (Å²) >= 11 is 6.00. The first-order valence-corrected chi connectivity index (χ1v) is 8.19. The summed E-state index contributed by atoms with van der Waals surface area (Å²) < 4.78 is 0. The molecule has 24 heavy (non-hydrogen) atoms. The van der Waals surface area contributed by atoms with Crippen LogP contribution in [0.2, 0.25) is 5.02 Å². The number of imidazole rings is 1. The van der Waals surface area contributed by atoms with Gasteiger partial charge in [0.1, 0.15) is 5.76 Å². The van der Waals surface area contributed by atoms with E-state index in [1.54, 1.807) is 18.6 Å². The van der Waals surface area contributed by atoms with E-state index in [1.165, 1.54) is 6.21 Å². The lowest BCUT2D eigenvalue weighted by Crippen LogP contribution is -2.19. The summed E-state index contributed by atoms with van der Waals surface area (Å²) in [6.07, 6.45) is 6.34. The van der Waals surface area contributed by atoms with Crippen molar-refractivity contribution in [3.05, 3.63) is 64.4 Å². The van der Waals surface area contributed by atoms with Gasteiger partial charge in [-0.05, 0) is 23.6 Å². The minimum atomic E-state index is -0.0889. The number of rotatable bonds is 5. The molecule has 0 bridgehead atoms. The molecule has 0 radical (unpaired) electrons. The van der Waals surface area contributed by atoms with Crippen LogP contribution in [0.3, 0.4) is 0 Å². The molecule has 1 aliphatic carbocycles. The molecule has 0 saturated heterocycles. The number of aromatic nitrogens is 2. The predicted molar refractivity (Wildman–Crippen MR) is 93.7 cm³/mol. The second-order valence-corrected chi connectivity index (χ2v) is 6.24. The van der Waals surface area contributed by atoms with Crippen LogP contribution in [0.15, 0.2) is 53.1 Å². The number of aliphatic hydroxyl groups is 1. The zero-order valence-electron chi connectivity index (χ0n) is 13.1. The molecule has 124 valence electrons. The fourth-order valence-electron chi connectivity index (χ4n) is 2.82. The number of hydrogen-bond acceptors (Lipinski definition) is 4. The Morgan fingerprint density at radius 2 is 2.29 bits per heavy atom. The Labute approximate surface area is 145 Å². The van der Waals surface area contributed by atoms with E-state index in [-0.39, 0.29) is 17.5 Å². The van der Waals surface area contributed by atoms with Gasteiger partial charge in [-0.1, -0.05) is 23.7 Å². The molecule has 5 nitrogen and oxygen atoms in total. The van der Waals surface area contributed by atoms with Crippen molar-refractivity contribution in [1.29, 1.82) is 0 Å². The third-order valence-electron chi connectivity index (χ3n) is 4.09. The molecule has 0 unspecified atom stereocenters. The maximum absolute atomic E-state index is 12.3. The minimum Gasteiger partial charge on any atom is -0.511 e. The molecule has 0 amide bonds. The number of nitrogens with one attached hydrogen (secondary N) is 1. The van der Waals surface area contributed by atoms with Crippen molar-refractivity contribution in [3.8, 4) is 0 Å². The van der Waals surface area contributed by atoms with Crippen LogP contribution in [0.1, 0.15) is 30.0 Å². The van der Waals surface area contributed by atoms with E-state index in [4.69, 9.17) is 11.6 Å². The molecular weight excluding hydrogens is 326 g/mol. The Balaban J connectivity index is 1.66. The first-order valence-electron chi connectivity index (χ1n) is 7.81. The fourth-order valence-corrected chi connectivity index (χ4v) is 3.01. The van der Waals surface area contributed by atoms with Gasteiger partial charge in [-0.2, -0.15) is 0 Å². The molecule has 6 heteroatoms. The van der Waals surface area contributed by atoms with Gasteiger partial charge in [0.2, 0.25) is 0 Å². The van der Waals surface area contributed by atoms with Crippen LogP contribution < -0.4 is 0 Å². The molecule has 3 rings (SSSR count). The maximum Gasteiger partial charge on any atom is 0.168 e. The minimum absolute atomic E-state index is 0.0432. The molecule has 2 N–H and O–H groups in total. The van der Waals surface area contributed by atoms with Gasteiger partial charge in [-0.3, -0.25) is 9.79 Å². The number of ketones is 1. The van der Waals surface area contributed by atoms with Crippen molar-refractivity contribution < 1.29 is 9.90 Å². The summed E-state index contributed by atoms with van der Waals surface area (Å²) in [5.41, 5.74) is 2.27. The van der Waals surface area contributed by atoms with Gasteiger partial charge < -0.3 is 10.1 Å². The van der Waals surface area contributed by atoms with Crippen LogP contribution >= 0.6 is 11.6 Å². The molecule has 2 aromatic rings. The molecule has 0 saturated carbocycles. The van der Waals surface area contributed by atoms with E-state index in [0.717, 1.165) is 11.3 Å². The Hall–Kier alpha value is -2.40. The van der Waals surface area contributed by atoms with Gasteiger partial charge in [0.25, 0.3) is 0 Å². The lowest BCUT2D eigenvalue weighted by atomic mass is 9.83. The number of carbonyl (C=O) groups is 1. The third kappa shape index (κ3) is 3.92. The van der Waals surface area contributed by atoms with Gasteiger partial charge in [0.15, 0.2) is 5.78 Å². The van der Waals surface area contributed by atoms with Gasteiger partial charge in [0, 0.05) is 48.9 Å². The van der Waals surface area contributed by atoms with Crippen LogP contribution in [-0.2, 0) is 11.2 Å². The Morgan fingerprint density at radius 3 is 3.00 bits per heavy atom. The summed E-state index contributed by atoms with van der Waals surface area (Å²) in [6.45, 7) is 0.532. The fraction of sp³-hybridized carbons (Fsp3) is 0.278. The number of H-pyrrole nitrogens is 1. The van der Waals surface area contributed by atoms with E-state index in [9.17, 15) is 9.90 Å². The van der Waals surface area contributed by atoms with Crippen molar-refractivity contribution in [1.82, 2.24) is 9.97 Å². The van der Waals surface area contributed by atoms with Crippen LogP contribution in [0, 0.1) is 0 Å². The highest BCUT2D eigenvalue weighted by Crippen LogP contribution is 2.33. The van der Waals surface area contributed by atoms with E-state index in [1.807, 2.05) is 18.2 Å². The molecular formula is C18H18ClN3O2. The number of allylic oxidation sites excluding steroid dienone is 2. The number of carbonyl (C=O) groups excluding carboxylic acids is 1. The smallest absolute Gasteiger partial charge is 0.168 e. The van der Waals surface area contributed by atoms with Gasteiger partial charge >= 0.3 is 0 Å². The summed E-state index contributed by atoms with van der Waals surface area (Å²) in [7, 11) is 0. The molecule has 1 heterocycles. The van der Waals surface area contributed by atoms with E-state index < -0.39 is 0 Å². The summed E-state index contributed by atoms with van der Waals surface area (Å²) in [6, 6.07) is 7.43. The second-order valence-electron chi connectivity index (χ2n) is 5.81. The molecule has 1 aromatic carbocycles. The third-order valence-corrected chi connectivity index (χ3v) is 4.32. The van der Waals surface area contributed by atoms with Crippen LogP contribution in [0.25, 0.3) is 0 Å². The zero-order valence-corrected chi connectivity index (χ0v) is 13.8. The predicted octanol–water partition coefficient (Wildman–Crippen LogP) is 3.64. The topological polar surface area (TPSA) is 78.3 Å². The monoisotopic (exact) mass is 343 g/mol.